The van der Waals surface area contributed by atoms with Crippen molar-refractivity contribution >= 4 is 16.8 Å². The molecule has 3 aromatic carbocycles. The second-order valence-corrected chi connectivity index (χ2v) is 9.04. The Morgan fingerprint density at radius 3 is 2.50 bits per heavy atom. The first-order chi connectivity index (χ1) is 16.5. The quantitative estimate of drug-likeness (QED) is 0.467. The van der Waals surface area contributed by atoms with Gasteiger partial charge in [0.15, 0.2) is 0 Å². The minimum Gasteiger partial charge on any atom is -0.508 e. The number of phenolic OH excluding ortho intramolecular Hbond substituents is 1. The van der Waals surface area contributed by atoms with Crippen LogP contribution >= 0.6 is 0 Å². The fourth-order valence-corrected chi connectivity index (χ4v) is 4.70. The molecule has 34 heavy (non-hydrogen) atoms. The summed E-state index contributed by atoms with van der Waals surface area (Å²) in [5, 5.41) is 10.0. The summed E-state index contributed by atoms with van der Waals surface area (Å²) >= 11 is 0. The second kappa shape index (κ2) is 9.39. The fraction of sp³-hybridized carbons (Fsp3) is 0.286. The average molecular weight is 461 g/mol. The summed E-state index contributed by atoms with van der Waals surface area (Å²) in [4.78, 5) is 2.20. The number of anilines is 1. The Labute approximate surface area is 199 Å². The Hall–Kier alpha value is -3.51. The molecule has 0 spiro atoms. The third-order valence-corrected chi connectivity index (χ3v) is 6.61. The maximum atomic E-state index is 12.6. The largest absolute Gasteiger partial charge is 0.508 e. The number of benzene rings is 3. The van der Waals surface area contributed by atoms with Gasteiger partial charge in [0.1, 0.15) is 30.0 Å². The molecule has 3 aromatic rings. The van der Waals surface area contributed by atoms with E-state index in [2.05, 4.69) is 11.8 Å². The molecule has 0 saturated carbocycles. The Bertz CT molecular complexity index is 1190. The van der Waals surface area contributed by atoms with E-state index in [1.165, 1.54) is 0 Å². The van der Waals surface area contributed by atoms with Crippen molar-refractivity contribution in [2.45, 2.75) is 13.0 Å². The maximum absolute atomic E-state index is 12.6. The number of alkyl halides is 1. The molecule has 5 nitrogen and oxygen atoms in total. The van der Waals surface area contributed by atoms with Crippen molar-refractivity contribution in [3.05, 3.63) is 83.4 Å². The van der Waals surface area contributed by atoms with E-state index in [-0.39, 0.29) is 24.4 Å². The van der Waals surface area contributed by atoms with Crippen LogP contribution in [0.25, 0.3) is 11.1 Å². The van der Waals surface area contributed by atoms with E-state index in [0.717, 1.165) is 59.0 Å². The summed E-state index contributed by atoms with van der Waals surface area (Å²) < 4.78 is 24.9. The summed E-state index contributed by atoms with van der Waals surface area (Å²) in [6, 6.07) is 20.9. The molecule has 1 fully saturated rings. The van der Waals surface area contributed by atoms with Gasteiger partial charge in [0, 0.05) is 42.4 Å². The topological polar surface area (TPSA) is 68.0 Å². The van der Waals surface area contributed by atoms with E-state index in [1.807, 2.05) is 54.6 Å². The number of hydrogen-bond donors (Lipinski definition) is 2. The lowest BCUT2D eigenvalue weighted by Crippen LogP contribution is -2.49. The second-order valence-electron chi connectivity index (χ2n) is 9.04. The Kier molecular flexibility index (Phi) is 6.16. The molecular weight excluding hydrogens is 431 g/mol. The van der Waals surface area contributed by atoms with Crippen LogP contribution in [0.15, 0.2) is 66.7 Å². The highest BCUT2D eigenvalue weighted by molar-refractivity contribution is 5.95. The average Bonchev–Trinajstić information content (AvgIpc) is 2.82. The van der Waals surface area contributed by atoms with Crippen LogP contribution in [0.1, 0.15) is 29.7 Å². The summed E-state index contributed by atoms with van der Waals surface area (Å²) in [7, 11) is 0. The summed E-state index contributed by atoms with van der Waals surface area (Å²) in [6.07, 6.45) is -0.312. The van der Waals surface area contributed by atoms with Crippen molar-refractivity contribution in [1.29, 1.82) is 0 Å². The predicted octanol–water partition coefficient (Wildman–Crippen LogP) is 5.32. The molecule has 0 aliphatic carbocycles. The van der Waals surface area contributed by atoms with Gasteiger partial charge in [-0.1, -0.05) is 24.3 Å². The lowest BCUT2D eigenvalue weighted by atomic mass is 9.86. The van der Waals surface area contributed by atoms with Crippen LogP contribution in [0, 0.1) is 5.92 Å². The number of nitrogens with two attached hydrogens (primary N) is 1. The number of ether oxygens (including phenoxy) is 2. The molecule has 1 saturated heterocycles. The van der Waals surface area contributed by atoms with E-state index in [1.54, 1.807) is 12.1 Å². The number of fused-ring (bicyclic) bond motifs is 1. The van der Waals surface area contributed by atoms with Crippen molar-refractivity contribution in [1.82, 2.24) is 4.90 Å². The molecular formula is C28H29FN2O3. The zero-order chi connectivity index (χ0) is 23.7. The van der Waals surface area contributed by atoms with Gasteiger partial charge >= 0.3 is 0 Å². The smallest absolute Gasteiger partial charge is 0.150 e. The summed E-state index contributed by atoms with van der Waals surface area (Å²) in [6.45, 7) is 4.83. The number of hydrogen-bond acceptors (Lipinski definition) is 5. The van der Waals surface area contributed by atoms with Gasteiger partial charge in [-0.2, -0.15) is 0 Å². The highest BCUT2D eigenvalue weighted by atomic mass is 19.1. The first kappa shape index (κ1) is 22.3. The molecule has 0 aromatic heterocycles. The zero-order valence-electron chi connectivity index (χ0n) is 19.2. The van der Waals surface area contributed by atoms with Crippen molar-refractivity contribution in [3.63, 3.8) is 0 Å². The molecule has 0 bridgehead atoms. The van der Waals surface area contributed by atoms with Gasteiger partial charge in [0.05, 0.1) is 6.67 Å². The maximum Gasteiger partial charge on any atom is 0.150 e. The van der Waals surface area contributed by atoms with E-state index in [9.17, 15) is 9.50 Å². The number of phenols is 1. The molecule has 2 heterocycles. The molecule has 1 atom stereocenters. The van der Waals surface area contributed by atoms with Gasteiger partial charge in [0.2, 0.25) is 0 Å². The Balaban J connectivity index is 1.37. The van der Waals surface area contributed by atoms with Crippen LogP contribution in [0.4, 0.5) is 10.1 Å². The van der Waals surface area contributed by atoms with Crippen LogP contribution in [0.2, 0.25) is 0 Å². The van der Waals surface area contributed by atoms with Crippen molar-refractivity contribution in [2.24, 2.45) is 5.92 Å². The highest BCUT2D eigenvalue weighted by Gasteiger charge is 2.30. The SMILES string of the molecule is CC1=C(c2ccc(N)cc2)[C@@H](c2ccc(OCCN3CC(CF)C3)cc2)Oc2ccc(O)cc21. The number of halogens is 1. The predicted molar refractivity (Wildman–Crippen MR) is 133 cm³/mol. The molecule has 0 unspecified atom stereocenters. The van der Waals surface area contributed by atoms with Crippen LogP contribution < -0.4 is 15.2 Å². The van der Waals surface area contributed by atoms with E-state index in [0.29, 0.717) is 12.3 Å². The number of nitrogen functional groups attached to an aromatic ring is 1. The number of aromatic hydroxyl groups is 1. The van der Waals surface area contributed by atoms with Crippen molar-refractivity contribution in [2.75, 3.05) is 38.6 Å². The summed E-state index contributed by atoms with van der Waals surface area (Å²) in [5.74, 6) is 1.93. The molecule has 2 aliphatic rings. The Morgan fingerprint density at radius 1 is 1.06 bits per heavy atom. The third kappa shape index (κ3) is 4.46. The zero-order valence-corrected chi connectivity index (χ0v) is 19.2. The monoisotopic (exact) mass is 460 g/mol. The first-order valence-electron chi connectivity index (χ1n) is 11.6. The first-order valence-corrected chi connectivity index (χ1v) is 11.6. The minimum atomic E-state index is -0.312. The fourth-order valence-electron chi connectivity index (χ4n) is 4.70. The molecule has 0 radical (unpaired) electrons. The molecule has 6 heteroatoms. The van der Waals surface area contributed by atoms with Gasteiger partial charge in [-0.3, -0.25) is 9.29 Å². The van der Waals surface area contributed by atoms with E-state index in [4.69, 9.17) is 15.2 Å². The number of allylic oxidation sites excluding steroid dienone is 1. The molecule has 5 rings (SSSR count). The van der Waals surface area contributed by atoms with Gasteiger partial charge in [-0.05, 0) is 66.1 Å². The molecule has 2 aliphatic heterocycles. The highest BCUT2D eigenvalue weighted by Crippen LogP contribution is 2.47. The lowest BCUT2D eigenvalue weighted by Gasteiger charge is -2.37. The lowest BCUT2D eigenvalue weighted by molar-refractivity contribution is 0.0668. The van der Waals surface area contributed by atoms with Gasteiger partial charge in [0.25, 0.3) is 0 Å². The molecule has 0 amide bonds. The number of likely N-dealkylation sites (tertiary alicyclic amines) is 1. The standard InChI is InChI=1S/C28H29FN2O3/c1-18-25-14-23(32)8-11-26(25)34-28(27(18)20-2-6-22(30)7-3-20)21-4-9-24(10-5-21)33-13-12-31-16-19(15-29)17-31/h2-11,14,19,28,32H,12-13,15-17,30H2,1H3/t28-/m1/s1. The van der Waals surface area contributed by atoms with Gasteiger partial charge < -0.3 is 20.3 Å². The van der Waals surface area contributed by atoms with Crippen LogP contribution in [-0.4, -0.2) is 42.9 Å². The normalized spacial score (nSPS) is 18.2. The Morgan fingerprint density at radius 2 is 1.79 bits per heavy atom. The van der Waals surface area contributed by atoms with Crippen LogP contribution in [0.5, 0.6) is 17.2 Å². The van der Waals surface area contributed by atoms with Gasteiger partial charge in [-0.25, -0.2) is 0 Å². The van der Waals surface area contributed by atoms with Crippen LogP contribution in [0.3, 0.4) is 0 Å². The van der Waals surface area contributed by atoms with E-state index < -0.39 is 0 Å². The van der Waals surface area contributed by atoms with Crippen molar-refractivity contribution in [3.8, 4) is 17.2 Å². The molecule has 3 N–H and O–H groups in total. The number of rotatable bonds is 7. The number of nitrogens with zero attached hydrogens (tertiary/aromatic N) is 1. The minimum absolute atomic E-state index is 0.190. The van der Waals surface area contributed by atoms with E-state index >= 15 is 0 Å². The third-order valence-electron chi connectivity index (χ3n) is 6.61. The van der Waals surface area contributed by atoms with Crippen LogP contribution in [-0.2, 0) is 0 Å². The van der Waals surface area contributed by atoms with Gasteiger partial charge in [-0.15, -0.1) is 0 Å². The summed E-state index contributed by atoms with van der Waals surface area (Å²) in [5.41, 5.74) is 11.6. The molecule has 176 valence electrons. The van der Waals surface area contributed by atoms with Crippen molar-refractivity contribution < 1.29 is 19.0 Å².